The average molecular weight is 433 g/mol. The largest absolute Gasteiger partial charge is 0.465 e. The Morgan fingerprint density at radius 2 is 1.93 bits per heavy atom. The van der Waals surface area contributed by atoms with Crippen molar-refractivity contribution in [3.63, 3.8) is 0 Å². The first kappa shape index (κ1) is 22.9. The smallest absolute Gasteiger partial charge is 0.411 e. The standard InChI is InChI=1S/C19H23ClF2N2O5/c1-19(2,3)29-18(27)23-10-14(21)8-15(23)16(25)24(22)9-11-5-12(17(26)28-4)7-13(20)6-11/h5-7,14-15H,8-10H2,1-4H3/t14-,15+/m1/s1. The molecule has 0 saturated carbocycles. The molecule has 2 atom stereocenters. The normalized spacial score (nSPS) is 19.1. The second-order valence-electron chi connectivity index (χ2n) is 7.68. The number of hydrogen-bond donors (Lipinski definition) is 0. The highest BCUT2D eigenvalue weighted by Crippen LogP contribution is 2.26. The van der Waals surface area contributed by atoms with Crippen LogP contribution in [0, 0.1) is 0 Å². The van der Waals surface area contributed by atoms with Gasteiger partial charge in [0.2, 0.25) is 0 Å². The minimum Gasteiger partial charge on any atom is -0.465 e. The van der Waals surface area contributed by atoms with Crippen molar-refractivity contribution in [2.75, 3.05) is 13.7 Å². The topological polar surface area (TPSA) is 76.2 Å². The van der Waals surface area contributed by atoms with Crippen LogP contribution in [0.1, 0.15) is 43.1 Å². The van der Waals surface area contributed by atoms with E-state index in [2.05, 4.69) is 4.74 Å². The summed E-state index contributed by atoms with van der Waals surface area (Å²) >= 11 is 5.93. The molecule has 1 saturated heterocycles. The summed E-state index contributed by atoms with van der Waals surface area (Å²) < 4.78 is 38.3. The Bertz CT molecular complexity index is 799. The summed E-state index contributed by atoms with van der Waals surface area (Å²) in [6.07, 6.45) is -2.69. The van der Waals surface area contributed by atoms with Crippen molar-refractivity contribution in [3.05, 3.63) is 34.3 Å². The van der Waals surface area contributed by atoms with Crippen molar-refractivity contribution in [2.45, 2.75) is 51.6 Å². The van der Waals surface area contributed by atoms with Gasteiger partial charge in [-0.3, -0.25) is 9.69 Å². The van der Waals surface area contributed by atoms with Gasteiger partial charge in [-0.05, 0) is 44.5 Å². The molecule has 0 spiro atoms. The lowest BCUT2D eigenvalue weighted by Gasteiger charge is -2.28. The summed E-state index contributed by atoms with van der Waals surface area (Å²) in [6.45, 7) is 3.99. The van der Waals surface area contributed by atoms with E-state index in [-0.39, 0.29) is 34.2 Å². The Kier molecular flexibility index (Phi) is 7.05. The number of esters is 1. The van der Waals surface area contributed by atoms with Gasteiger partial charge < -0.3 is 9.47 Å². The zero-order chi connectivity index (χ0) is 21.9. The van der Waals surface area contributed by atoms with Crippen molar-refractivity contribution >= 4 is 29.6 Å². The van der Waals surface area contributed by atoms with Crippen LogP contribution in [-0.4, -0.2) is 59.5 Å². The van der Waals surface area contributed by atoms with Gasteiger partial charge in [0.15, 0.2) is 0 Å². The number of rotatable bonds is 4. The van der Waals surface area contributed by atoms with Crippen LogP contribution in [-0.2, 0) is 20.8 Å². The Hall–Kier alpha value is -2.42. The number of likely N-dealkylation sites (tertiary alicyclic amines) is 1. The van der Waals surface area contributed by atoms with Crippen LogP contribution in [0.25, 0.3) is 0 Å². The van der Waals surface area contributed by atoms with Gasteiger partial charge in [0.25, 0.3) is 5.91 Å². The van der Waals surface area contributed by atoms with Crippen LogP contribution in [0.4, 0.5) is 13.7 Å². The molecule has 1 aliphatic rings. The van der Waals surface area contributed by atoms with Gasteiger partial charge in [0.1, 0.15) is 17.8 Å². The molecule has 1 aliphatic heterocycles. The van der Waals surface area contributed by atoms with Crippen LogP contribution in [0.3, 0.4) is 0 Å². The van der Waals surface area contributed by atoms with E-state index in [1.165, 1.54) is 25.3 Å². The number of benzene rings is 1. The Morgan fingerprint density at radius 3 is 2.52 bits per heavy atom. The Labute approximate surface area is 172 Å². The molecular weight excluding hydrogens is 410 g/mol. The lowest BCUT2D eigenvalue weighted by molar-refractivity contribution is -0.152. The van der Waals surface area contributed by atoms with E-state index in [4.69, 9.17) is 16.3 Å². The van der Waals surface area contributed by atoms with Gasteiger partial charge in [0, 0.05) is 11.4 Å². The van der Waals surface area contributed by atoms with Gasteiger partial charge in [-0.2, -0.15) is 5.12 Å². The maximum absolute atomic E-state index is 14.6. The molecule has 0 N–H and O–H groups in total. The van der Waals surface area contributed by atoms with Crippen molar-refractivity contribution in [1.82, 2.24) is 10.0 Å². The van der Waals surface area contributed by atoms with Crippen LogP contribution in [0.5, 0.6) is 0 Å². The molecule has 2 rings (SSSR count). The second-order valence-corrected chi connectivity index (χ2v) is 8.12. The zero-order valence-corrected chi connectivity index (χ0v) is 17.3. The number of hydrogen-bond acceptors (Lipinski definition) is 5. The lowest BCUT2D eigenvalue weighted by atomic mass is 10.1. The molecule has 0 unspecified atom stereocenters. The molecule has 10 heteroatoms. The predicted octanol–water partition coefficient (Wildman–Crippen LogP) is 3.69. The third-order valence-corrected chi connectivity index (χ3v) is 4.32. The number of carbonyl (C=O) groups excluding carboxylic acids is 3. The van der Waals surface area contributed by atoms with Crippen molar-refractivity contribution in [3.8, 4) is 0 Å². The molecule has 1 heterocycles. The van der Waals surface area contributed by atoms with Gasteiger partial charge in [0.05, 0.1) is 25.8 Å². The number of alkyl halides is 1. The maximum Gasteiger partial charge on any atom is 0.411 e. The summed E-state index contributed by atoms with van der Waals surface area (Å²) in [5, 5.41) is 0.0242. The highest BCUT2D eigenvalue weighted by molar-refractivity contribution is 6.31. The lowest BCUT2D eigenvalue weighted by Crippen LogP contribution is -2.47. The first-order chi connectivity index (χ1) is 13.4. The Balaban J connectivity index is 2.15. The van der Waals surface area contributed by atoms with E-state index in [1.54, 1.807) is 20.8 Å². The number of amides is 2. The molecule has 2 amide bonds. The predicted molar refractivity (Wildman–Crippen MR) is 101 cm³/mol. The number of ether oxygens (including phenoxy) is 2. The van der Waals surface area contributed by atoms with Crippen LogP contribution >= 0.6 is 11.6 Å². The fraction of sp³-hybridized carbons (Fsp3) is 0.526. The SMILES string of the molecule is COC(=O)c1cc(Cl)cc(CN(F)C(=O)[C@@H]2C[C@@H](F)CN2C(=O)OC(C)(C)C)c1. The molecule has 0 radical (unpaired) electrons. The molecule has 0 aromatic heterocycles. The van der Waals surface area contributed by atoms with Crippen LogP contribution in [0.2, 0.25) is 5.02 Å². The zero-order valence-electron chi connectivity index (χ0n) is 16.6. The summed E-state index contributed by atoms with van der Waals surface area (Å²) in [5.41, 5.74) is -0.525. The maximum atomic E-state index is 14.6. The van der Waals surface area contributed by atoms with Gasteiger partial charge in [-0.25, -0.2) is 14.0 Å². The first-order valence-corrected chi connectivity index (χ1v) is 9.27. The minimum absolute atomic E-state index is 0.0934. The van der Waals surface area contributed by atoms with Gasteiger partial charge in [-0.15, -0.1) is 0 Å². The quantitative estimate of drug-likeness (QED) is 0.535. The van der Waals surface area contributed by atoms with Gasteiger partial charge in [-0.1, -0.05) is 16.1 Å². The van der Waals surface area contributed by atoms with Gasteiger partial charge >= 0.3 is 12.1 Å². The molecule has 0 aliphatic carbocycles. The van der Waals surface area contributed by atoms with E-state index < -0.39 is 42.3 Å². The summed E-state index contributed by atoms with van der Waals surface area (Å²) in [7, 11) is 1.19. The van der Waals surface area contributed by atoms with Crippen molar-refractivity contribution in [1.29, 1.82) is 0 Å². The molecule has 29 heavy (non-hydrogen) atoms. The molecule has 0 bridgehead atoms. The number of halogens is 3. The third kappa shape index (κ3) is 6.03. The Morgan fingerprint density at radius 1 is 1.28 bits per heavy atom. The van der Waals surface area contributed by atoms with Crippen molar-refractivity contribution < 1.29 is 32.7 Å². The van der Waals surface area contributed by atoms with E-state index in [0.717, 1.165) is 4.90 Å². The number of carbonyl (C=O) groups is 3. The molecule has 1 fully saturated rings. The molecule has 1 aromatic carbocycles. The second kappa shape index (κ2) is 8.94. The van der Waals surface area contributed by atoms with E-state index in [9.17, 15) is 23.3 Å². The monoisotopic (exact) mass is 432 g/mol. The highest BCUT2D eigenvalue weighted by atomic mass is 35.5. The highest BCUT2D eigenvalue weighted by Gasteiger charge is 2.43. The summed E-state index contributed by atoms with van der Waals surface area (Å²) in [6, 6.07) is 2.72. The summed E-state index contributed by atoms with van der Waals surface area (Å²) in [5.74, 6) is -1.76. The van der Waals surface area contributed by atoms with Crippen LogP contribution in [0.15, 0.2) is 18.2 Å². The van der Waals surface area contributed by atoms with Crippen molar-refractivity contribution in [2.24, 2.45) is 0 Å². The average Bonchev–Trinajstić information content (AvgIpc) is 3.00. The van der Waals surface area contributed by atoms with E-state index >= 15 is 0 Å². The molecule has 160 valence electrons. The van der Waals surface area contributed by atoms with E-state index in [0.29, 0.717) is 0 Å². The third-order valence-electron chi connectivity index (χ3n) is 4.10. The first-order valence-electron chi connectivity index (χ1n) is 8.90. The van der Waals surface area contributed by atoms with E-state index in [1.807, 2.05) is 0 Å². The molecule has 1 aromatic rings. The minimum atomic E-state index is -1.47. The fourth-order valence-corrected chi connectivity index (χ4v) is 3.18. The fourth-order valence-electron chi connectivity index (χ4n) is 2.92. The number of nitrogens with zero attached hydrogens (tertiary/aromatic N) is 2. The molecular formula is C19H23ClF2N2O5. The van der Waals surface area contributed by atoms with Crippen LogP contribution < -0.4 is 0 Å². The molecule has 7 nitrogen and oxygen atoms in total. The summed E-state index contributed by atoms with van der Waals surface area (Å²) in [4.78, 5) is 37.4. The number of methoxy groups -OCH3 is 1.